The Bertz CT molecular complexity index is 796. The Morgan fingerprint density at radius 3 is 1.70 bits per heavy atom. The zero-order valence-electron chi connectivity index (χ0n) is 22.8. The second kappa shape index (κ2) is 17.3. The monoisotopic (exact) mass is 530 g/mol. The highest BCUT2D eigenvalue weighted by molar-refractivity contribution is 5.85. The summed E-state index contributed by atoms with van der Waals surface area (Å²) in [6.07, 6.45) is -1.83. The van der Waals surface area contributed by atoms with Crippen molar-refractivity contribution in [2.45, 2.75) is 105 Å². The van der Waals surface area contributed by atoms with Crippen molar-refractivity contribution >= 4 is 35.7 Å². The third-order valence-corrected chi connectivity index (χ3v) is 4.95. The van der Waals surface area contributed by atoms with E-state index in [2.05, 4.69) is 5.32 Å². The molecule has 0 heterocycles. The van der Waals surface area contributed by atoms with Crippen LogP contribution >= 0.6 is 0 Å². The molecule has 0 aromatic heterocycles. The minimum atomic E-state index is -1.40. The van der Waals surface area contributed by atoms with Crippen LogP contribution in [-0.4, -0.2) is 67.2 Å². The van der Waals surface area contributed by atoms with Gasteiger partial charge in [0.25, 0.3) is 5.91 Å². The van der Waals surface area contributed by atoms with Crippen molar-refractivity contribution in [1.82, 2.24) is 5.32 Å². The zero-order valence-corrected chi connectivity index (χ0v) is 22.8. The van der Waals surface area contributed by atoms with E-state index in [1.807, 2.05) is 13.8 Å². The molecule has 0 aliphatic carbocycles. The van der Waals surface area contributed by atoms with Crippen molar-refractivity contribution in [1.29, 1.82) is 0 Å². The number of nitrogens with two attached hydrogens (primary N) is 1. The molecule has 0 saturated carbocycles. The molecule has 212 valence electrons. The molecular formula is C25H42N2O10. The molecule has 0 aliphatic rings. The molecule has 3 N–H and O–H groups in total. The summed E-state index contributed by atoms with van der Waals surface area (Å²) in [6, 6.07) is 0. The van der Waals surface area contributed by atoms with Gasteiger partial charge < -0.3 is 30.0 Å². The standard InChI is InChI=1S/C25H42N2O10/c1-7-9-19(29)35-16(3)13-21(31)34-15-25(5,6)23(24(33)27-12-11-18(26)28)37-22(32)14-17(4)36-20(30)10-8-2/h16-17,23H,7-15H2,1-6H3,(H2,26,28)(H,27,33)/t16-,17-,23+/m1/s1. The van der Waals surface area contributed by atoms with Gasteiger partial charge in [0.1, 0.15) is 18.8 Å². The summed E-state index contributed by atoms with van der Waals surface area (Å²) in [4.78, 5) is 71.9. The topological polar surface area (TPSA) is 177 Å². The van der Waals surface area contributed by atoms with E-state index in [-0.39, 0.29) is 45.3 Å². The fourth-order valence-electron chi connectivity index (χ4n) is 3.08. The first-order valence-corrected chi connectivity index (χ1v) is 12.5. The van der Waals surface area contributed by atoms with Crippen molar-refractivity contribution in [3.8, 4) is 0 Å². The summed E-state index contributed by atoms with van der Waals surface area (Å²) in [6.45, 7) is 9.46. The van der Waals surface area contributed by atoms with Crippen LogP contribution in [0.25, 0.3) is 0 Å². The van der Waals surface area contributed by atoms with Crippen molar-refractivity contribution in [3.05, 3.63) is 0 Å². The van der Waals surface area contributed by atoms with E-state index in [9.17, 15) is 28.8 Å². The average molecular weight is 531 g/mol. The smallest absolute Gasteiger partial charge is 0.310 e. The minimum absolute atomic E-state index is 0.0796. The van der Waals surface area contributed by atoms with Crippen LogP contribution in [0.2, 0.25) is 0 Å². The van der Waals surface area contributed by atoms with E-state index in [0.29, 0.717) is 12.8 Å². The molecule has 0 fully saturated rings. The van der Waals surface area contributed by atoms with Gasteiger partial charge in [-0.05, 0) is 26.7 Å². The molecule has 12 heteroatoms. The molecule has 2 amide bonds. The Labute approximate surface area is 218 Å². The van der Waals surface area contributed by atoms with Gasteiger partial charge in [-0.15, -0.1) is 0 Å². The van der Waals surface area contributed by atoms with Gasteiger partial charge in [-0.3, -0.25) is 28.8 Å². The third kappa shape index (κ3) is 15.5. The maximum absolute atomic E-state index is 12.8. The molecule has 0 unspecified atom stereocenters. The van der Waals surface area contributed by atoms with Gasteiger partial charge in [0, 0.05) is 31.2 Å². The number of amides is 2. The van der Waals surface area contributed by atoms with Crippen LogP contribution < -0.4 is 11.1 Å². The number of hydrogen-bond donors (Lipinski definition) is 2. The fraction of sp³-hybridized carbons (Fsp3) is 0.760. The molecule has 37 heavy (non-hydrogen) atoms. The Kier molecular flexibility index (Phi) is 15.8. The molecule has 3 atom stereocenters. The SMILES string of the molecule is CCCC(=O)O[C@H](C)CC(=O)OCC(C)(C)[C@@H](OC(=O)C[C@@H](C)OC(=O)CCC)C(=O)NCCC(N)=O. The van der Waals surface area contributed by atoms with Gasteiger partial charge in [0.05, 0.1) is 12.8 Å². The van der Waals surface area contributed by atoms with E-state index in [1.165, 1.54) is 6.92 Å². The first kappa shape index (κ1) is 33.8. The van der Waals surface area contributed by atoms with Crippen LogP contribution in [0.15, 0.2) is 0 Å². The van der Waals surface area contributed by atoms with Crippen LogP contribution in [0.1, 0.15) is 86.5 Å². The highest BCUT2D eigenvalue weighted by atomic mass is 16.6. The lowest BCUT2D eigenvalue weighted by molar-refractivity contribution is -0.172. The van der Waals surface area contributed by atoms with Crippen LogP contribution in [0.4, 0.5) is 0 Å². The van der Waals surface area contributed by atoms with Gasteiger partial charge in [0.2, 0.25) is 5.91 Å². The average Bonchev–Trinajstić information content (AvgIpc) is 2.75. The van der Waals surface area contributed by atoms with Crippen molar-refractivity contribution < 1.29 is 47.7 Å². The number of carbonyl (C=O) groups excluding carboxylic acids is 6. The Morgan fingerprint density at radius 1 is 0.757 bits per heavy atom. The Hall–Kier alpha value is -3.18. The van der Waals surface area contributed by atoms with Gasteiger partial charge in [-0.2, -0.15) is 0 Å². The molecule has 0 radical (unpaired) electrons. The minimum Gasteiger partial charge on any atom is -0.465 e. The van der Waals surface area contributed by atoms with Crippen LogP contribution in [0, 0.1) is 5.41 Å². The van der Waals surface area contributed by atoms with Gasteiger partial charge in [0.15, 0.2) is 6.10 Å². The highest BCUT2D eigenvalue weighted by Gasteiger charge is 2.40. The first-order valence-electron chi connectivity index (χ1n) is 12.5. The summed E-state index contributed by atoms with van der Waals surface area (Å²) in [5.41, 5.74) is 3.91. The van der Waals surface area contributed by atoms with E-state index in [1.54, 1.807) is 20.8 Å². The van der Waals surface area contributed by atoms with Crippen molar-refractivity contribution in [2.24, 2.45) is 11.1 Å². The van der Waals surface area contributed by atoms with E-state index >= 15 is 0 Å². The quantitative estimate of drug-likeness (QED) is 0.196. The summed E-state index contributed by atoms with van der Waals surface area (Å²) in [5.74, 6) is -3.68. The largest absolute Gasteiger partial charge is 0.465 e. The lowest BCUT2D eigenvalue weighted by Crippen LogP contribution is -2.49. The van der Waals surface area contributed by atoms with E-state index in [4.69, 9.17) is 24.7 Å². The lowest BCUT2D eigenvalue weighted by atomic mass is 9.86. The summed E-state index contributed by atoms with van der Waals surface area (Å²) in [5, 5.41) is 2.48. The molecule has 0 saturated heterocycles. The predicted molar refractivity (Wildman–Crippen MR) is 132 cm³/mol. The molecule has 0 spiro atoms. The second-order valence-electron chi connectivity index (χ2n) is 9.54. The van der Waals surface area contributed by atoms with Crippen LogP contribution in [-0.2, 0) is 47.7 Å². The summed E-state index contributed by atoms with van der Waals surface area (Å²) in [7, 11) is 0. The highest BCUT2D eigenvalue weighted by Crippen LogP contribution is 2.26. The Morgan fingerprint density at radius 2 is 1.24 bits per heavy atom. The number of rotatable bonds is 18. The fourth-order valence-corrected chi connectivity index (χ4v) is 3.08. The maximum atomic E-state index is 12.8. The van der Waals surface area contributed by atoms with Crippen molar-refractivity contribution in [3.63, 3.8) is 0 Å². The summed E-state index contributed by atoms with van der Waals surface area (Å²) < 4.78 is 21.0. The molecule has 0 bridgehead atoms. The number of nitrogens with one attached hydrogen (secondary N) is 1. The number of hydrogen-bond acceptors (Lipinski definition) is 10. The zero-order chi connectivity index (χ0) is 28.6. The third-order valence-electron chi connectivity index (χ3n) is 4.95. The first-order chi connectivity index (χ1) is 17.2. The van der Waals surface area contributed by atoms with Crippen molar-refractivity contribution in [2.75, 3.05) is 13.2 Å². The van der Waals surface area contributed by atoms with Gasteiger partial charge in [-0.25, -0.2) is 0 Å². The second-order valence-corrected chi connectivity index (χ2v) is 9.54. The number of carbonyl (C=O) groups is 6. The van der Waals surface area contributed by atoms with Crippen LogP contribution in [0.3, 0.4) is 0 Å². The lowest BCUT2D eigenvalue weighted by Gasteiger charge is -2.32. The van der Waals surface area contributed by atoms with Gasteiger partial charge in [-0.1, -0.05) is 27.7 Å². The molecule has 0 aromatic rings. The summed E-state index contributed by atoms with van der Waals surface area (Å²) >= 11 is 0. The molecule has 12 nitrogen and oxygen atoms in total. The van der Waals surface area contributed by atoms with Crippen LogP contribution in [0.5, 0.6) is 0 Å². The maximum Gasteiger partial charge on any atom is 0.310 e. The number of ether oxygens (including phenoxy) is 4. The molecule has 0 aromatic carbocycles. The van der Waals surface area contributed by atoms with E-state index < -0.39 is 59.4 Å². The Balaban J connectivity index is 5.23. The number of primary amides is 1. The molecular weight excluding hydrogens is 488 g/mol. The number of esters is 4. The predicted octanol–water partition coefficient (Wildman–Crippen LogP) is 1.70. The van der Waals surface area contributed by atoms with Gasteiger partial charge >= 0.3 is 23.9 Å². The normalized spacial score (nSPS) is 13.5. The molecule has 0 aliphatic heterocycles. The van der Waals surface area contributed by atoms with E-state index in [0.717, 1.165) is 0 Å². The molecule has 0 rings (SSSR count).